The highest BCUT2D eigenvalue weighted by molar-refractivity contribution is 5.94. The van der Waals surface area contributed by atoms with Gasteiger partial charge in [0.05, 0.1) is 12.1 Å². The Morgan fingerprint density at radius 3 is 2.32 bits per heavy atom. The Kier molecular flexibility index (Phi) is 6.18. The van der Waals surface area contributed by atoms with Crippen molar-refractivity contribution < 1.29 is 18.0 Å². The minimum Gasteiger partial charge on any atom is -0.337 e. The fourth-order valence-electron chi connectivity index (χ4n) is 4.21. The standard InChI is InChI=1S/C23H26F3N3O2/c24-23(25,26)19-9-10-21(30)29(16-19)15-17-5-7-18(8-6-17)22(31)28-12-2-11-27(13-14-28)20-3-1-4-20/h5-10,16,20H,1-4,11-15H2. The van der Waals surface area contributed by atoms with Gasteiger partial charge in [0.1, 0.15) is 0 Å². The van der Waals surface area contributed by atoms with Gasteiger partial charge in [0.25, 0.3) is 11.5 Å². The molecule has 5 nitrogen and oxygen atoms in total. The summed E-state index contributed by atoms with van der Waals surface area (Å²) in [5.74, 6) is -0.0294. The Bertz CT molecular complexity index is 981. The van der Waals surface area contributed by atoms with E-state index in [1.807, 2.05) is 4.90 Å². The molecule has 0 bridgehead atoms. The fourth-order valence-corrected chi connectivity index (χ4v) is 4.21. The molecule has 0 unspecified atom stereocenters. The summed E-state index contributed by atoms with van der Waals surface area (Å²) < 4.78 is 39.8. The molecule has 1 amide bonds. The molecule has 0 radical (unpaired) electrons. The lowest BCUT2D eigenvalue weighted by molar-refractivity contribution is -0.138. The second-order valence-corrected chi connectivity index (χ2v) is 8.35. The molecule has 8 heteroatoms. The summed E-state index contributed by atoms with van der Waals surface area (Å²) >= 11 is 0. The number of nitrogens with zero attached hydrogens (tertiary/aromatic N) is 3. The SMILES string of the molecule is O=C(c1ccc(Cn2cc(C(F)(F)F)ccc2=O)cc1)N1CCCN(C2CCC2)CC1. The van der Waals surface area contributed by atoms with Gasteiger partial charge in [0.2, 0.25) is 0 Å². The highest BCUT2D eigenvalue weighted by Gasteiger charge is 2.31. The first-order valence-electron chi connectivity index (χ1n) is 10.7. The van der Waals surface area contributed by atoms with E-state index in [2.05, 4.69) is 4.90 Å². The molecular formula is C23H26F3N3O2. The number of alkyl halides is 3. The van der Waals surface area contributed by atoms with E-state index >= 15 is 0 Å². The van der Waals surface area contributed by atoms with Crippen LogP contribution in [0.15, 0.2) is 47.4 Å². The summed E-state index contributed by atoms with van der Waals surface area (Å²) in [6, 6.07) is 9.14. The molecule has 2 aliphatic rings. The van der Waals surface area contributed by atoms with E-state index in [1.165, 1.54) is 19.3 Å². The molecule has 0 spiro atoms. The first-order chi connectivity index (χ1) is 14.8. The molecular weight excluding hydrogens is 407 g/mol. The number of carbonyl (C=O) groups excluding carboxylic acids is 1. The molecule has 0 N–H and O–H groups in total. The third-order valence-corrected chi connectivity index (χ3v) is 6.27. The van der Waals surface area contributed by atoms with Crippen molar-refractivity contribution in [1.29, 1.82) is 0 Å². The molecule has 0 atom stereocenters. The molecule has 2 fully saturated rings. The van der Waals surface area contributed by atoms with Gasteiger partial charge in [-0.2, -0.15) is 13.2 Å². The smallest absolute Gasteiger partial charge is 0.337 e. The van der Waals surface area contributed by atoms with Crippen molar-refractivity contribution >= 4 is 5.91 Å². The zero-order valence-corrected chi connectivity index (χ0v) is 17.3. The van der Waals surface area contributed by atoms with Crippen LogP contribution in [0.2, 0.25) is 0 Å². The number of hydrogen-bond donors (Lipinski definition) is 0. The Morgan fingerprint density at radius 1 is 0.935 bits per heavy atom. The number of aromatic nitrogens is 1. The number of halogens is 3. The second kappa shape index (κ2) is 8.86. The molecule has 4 rings (SSSR count). The number of amides is 1. The van der Waals surface area contributed by atoms with Gasteiger partial charge in [-0.05, 0) is 43.0 Å². The van der Waals surface area contributed by atoms with Crippen LogP contribution in [-0.2, 0) is 12.7 Å². The highest BCUT2D eigenvalue weighted by atomic mass is 19.4. The number of benzene rings is 1. The molecule has 31 heavy (non-hydrogen) atoms. The summed E-state index contributed by atoms with van der Waals surface area (Å²) in [5, 5.41) is 0. The molecule has 1 aromatic carbocycles. The molecule has 1 saturated carbocycles. The van der Waals surface area contributed by atoms with Gasteiger partial charge in [0, 0.05) is 50.0 Å². The molecule has 1 aromatic heterocycles. The highest BCUT2D eigenvalue weighted by Crippen LogP contribution is 2.28. The Hall–Kier alpha value is -2.61. The predicted molar refractivity (Wildman–Crippen MR) is 111 cm³/mol. The minimum absolute atomic E-state index is 0.0112. The maximum Gasteiger partial charge on any atom is 0.417 e. The van der Waals surface area contributed by atoms with Crippen LogP contribution < -0.4 is 5.56 Å². The van der Waals surface area contributed by atoms with Crippen molar-refractivity contribution in [2.45, 2.75) is 44.4 Å². The largest absolute Gasteiger partial charge is 0.417 e. The second-order valence-electron chi connectivity index (χ2n) is 8.35. The number of carbonyl (C=O) groups is 1. The van der Waals surface area contributed by atoms with Crippen LogP contribution in [0.4, 0.5) is 13.2 Å². The van der Waals surface area contributed by atoms with Gasteiger partial charge in [-0.1, -0.05) is 18.6 Å². The first kappa shape index (κ1) is 21.6. The van der Waals surface area contributed by atoms with Crippen molar-refractivity contribution in [2.75, 3.05) is 26.2 Å². The summed E-state index contributed by atoms with van der Waals surface area (Å²) in [4.78, 5) is 29.2. The molecule has 1 saturated heterocycles. The van der Waals surface area contributed by atoms with Crippen molar-refractivity contribution in [2.24, 2.45) is 0 Å². The lowest BCUT2D eigenvalue weighted by atomic mass is 9.91. The topological polar surface area (TPSA) is 45.6 Å². The Morgan fingerprint density at radius 2 is 1.68 bits per heavy atom. The quantitative estimate of drug-likeness (QED) is 0.740. The molecule has 1 aliphatic heterocycles. The van der Waals surface area contributed by atoms with E-state index in [-0.39, 0.29) is 12.5 Å². The Balaban J connectivity index is 1.41. The van der Waals surface area contributed by atoms with E-state index in [9.17, 15) is 22.8 Å². The van der Waals surface area contributed by atoms with Crippen molar-refractivity contribution in [1.82, 2.24) is 14.4 Å². The van der Waals surface area contributed by atoms with Gasteiger partial charge in [0.15, 0.2) is 0 Å². The van der Waals surface area contributed by atoms with Gasteiger partial charge in [-0.3, -0.25) is 14.5 Å². The van der Waals surface area contributed by atoms with Crippen LogP contribution in [0.3, 0.4) is 0 Å². The molecule has 2 heterocycles. The maximum atomic E-state index is 12.9. The van der Waals surface area contributed by atoms with Crippen LogP contribution in [0.25, 0.3) is 0 Å². The van der Waals surface area contributed by atoms with Crippen LogP contribution in [0.1, 0.15) is 47.2 Å². The summed E-state index contributed by atoms with van der Waals surface area (Å²) in [5.41, 5.74) is -0.160. The van der Waals surface area contributed by atoms with Crippen LogP contribution >= 0.6 is 0 Å². The molecule has 2 aromatic rings. The van der Waals surface area contributed by atoms with E-state index < -0.39 is 17.3 Å². The van der Waals surface area contributed by atoms with Crippen molar-refractivity contribution in [3.8, 4) is 0 Å². The van der Waals surface area contributed by atoms with E-state index in [0.717, 1.165) is 49.0 Å². The number of rotatable bonds is 4. The average molecular weight is 433 g/mol. The Labute approximate surface area is 179 Å². The summed E-state index contributed by atoms with van der Waals surface area (Å²) in [6.07, 6.45) is 1.08. The zero-order chi connectivity index (χ0) is 22.0. The third-order valence-electron chi connectivity index (χ3n) is 6.27. The zero-order valence-electron chi connectivity index (χ0n) is 17.3. The number of pyridine rings is 1. The van der Waals surface area contributed by atoms with E-state index in [0.29, 0.717) is 23.7 Å². The lowest BCUT2D eigenvalue weighted by Crippen LogP contribution is -2.42. The van der Waals surface area contributed by atoms with Crippen LogP contribution in [-0.4, -0.2) is 52.5 Å². The molecule has 166 valence electrons. The van der Waals surface area contributed by atoms with Crippen LogP contribution in [0.5, 0.6) is 0 Å². The maximum absolute atomic E-state index is 12.9. The average Bonchev–Trinajstić information content (AvgIpc) is 2.94. The van der Waals surface area contributed by atoms with Gasteiger partial charge in [-0.25, -0.2) is 0 Å². The lowest BCUT2D eigenvalue weighted by Gasteiger charge is -2.36. The number of hydrogen-bond acceptors (Lipinski definition) is 3. The fraction of sp³-hybridized carbons (Fsp3) is 0.478. The van der Waals surface area contributed by atoms with E-state index in [4.69, 9.17) is 0 Å². The monoisotopic (exact) mass is 433 g/mol. The summed E-state index contributed by atoms with van der Waals surface area (Å²) in [6.45, 7) is 3.36. The van der Waals surface area contributed by atoms with Gasteiger partial charge >= 0.3 is 6.18 Å². The van der Waals surface area contributed by atoms with E-state index in [1.54, 1.807) is 24.3 Å². The van der Waals surface area contributed by atoms with Gasteiger partial charge in [-0.15, -0.1) is 0 Å². The van der Waals surface area contributed by atoms with Crippen molar-refractivity contribution in [3.63, 3.8) is 0 Å². The molecule has 1 aliphatic carbocycles. The van der Waals surface area contributed by atoms with Gasteiger partial charge < -0.3 is 9.47 Å². The third kappa shape index (κ3) is 5.01. The predicted octanol–water partition coefficient (Wildman–Crippen LogP) is 3.62. The normalized spacial score (nSPS) is 18.5. The summed E-state index contributed by atoms with van der Waals surface area (Å²) in [7, 11) is 0. The minimum atomic E-state index is -4.51. The van der Waals surface area contributed by atoms with Crippen molar-refractivity contribution in [3.05, 3.63) is 69.6 Å². The first-order valence-corrected chi connectivity index (χ1v) is 10.7. The van der Waals surface area contributed by atoms with Crippen LogP contribution in [0, 0.1) is 0 Å².